The summed E-state index contributed by atoms with van der Waals surface area (Å²) in [4.78, 5) is 15.4. The average molecular weight is 459 g/mol. The number of likely N-dealkylation sites (tertiary alicyclic amines) is 1. The van der Waals surface area contributed by atoms with Gasteiger partial charge in [0.2, 0.25) is 0 Å². The Labute approximate surface area is 199 Å². The van der Waals surface area contributed by atoms with Gasteiger partial charge in [0.1, 0.15) is 0 Å². The van der Waals surface area contributed by atoms with E-state index in [4.69, 9.17) is 4.74 Å². The Bertz CT molecular complexity index is 1100. The highest BCUT2D eigenvalue weighted by Crippen LogP contribution is 2.52. The molecule has 0 radical (unpaired) electrons. The van der Waals surface area contributed by atoms with Crippen LogP contribution in [0.3, 0.4) is 0 Å². The number of benzene rings is 2. The number of ether oxygens (including phenoxy) is 1. The minimum Gasteiger partial charge on any atom is -0.378 e. The van der Waals surface area contributed by atoms with Crippen molar-refractivity contribution >= 4 is 23.3 Å². The van der Waals surface area contributed by atoms with Crippen molar-refractivity contribution in [2.75, 3.05) is 26.7 Å². The topological polar surface area (TPSA) is 41.6 Å². The first-order valence-corrected chi connectivity index (χ1v) is 12.5. The molecule has 2 aliphatic rings. The highest BCUT2D eigenvalue weighted by molar-refractivity contribution is 7.08. The minimum absolute atomic E-state index is 0.0290. The van der Waals surface area contributed by atoms with Crippen LogP contribution in [0.25, 0.3) is 6.08 Å². The maximum absolute atomic E-state index is 12.9. The molecule has 1 aliphatic heterocycles. The van der Waals surface area contributed by atoms with Crippen molar-refractivity contribution in [3.63, 3.8) is 0 Å². The van der Waals surface area contributed by atoms with Crippen molar-refractivity contribution in [3.8, 4) is 0 Å². The summed E-state index contributed by atoms with van der Waals surface area (Å²) in [5, 5.41) is 7.13. The van der Waals surface area contributed by atoms with Gasteiger partial charge in [-0.2, -0.15) is 11.3 Å². The number of carbonyl (C=O) groups is 1. The summed E-state index contributed by atoms with van der Waals surface area (Å²) in [7, 11) is 1.79. The number of piperidine rings is 1. The molecule has 2 heterocycles. The quantitative estimate of drug-likeness (QED) is 0.545. The van der Waals surface area contributed by atoms with Crippen LogP contribution in [-0.4, -0.2) is 43.7 Å². The van der Waals surface area contributed by atoms with E-state index in [0.29, 0.717) is 5.56 Å². The molecule has 3 aromatic rings. The van der Waals surface area contributed by atoms with Crippen LogP contribution < -0.4 is 5.32 Å². The Morgan fingerprint density at radius 3 is 2.61 bits per heavy atom. The second-order valence-corrected chi connectivity index (χ2v) is 9.76. The van der Waals surface area contributed by atoms with E-state index in [0.717, 1.165) is 32.5 Å². The molecule has 1 aliphatic carbocycles. The summed E-state index contributed by atoms with van der Waals surface area (Å²) in [6, 6.07) is 20.8. The summed E-state index contributed by atoms with van der Waals surface area (Å²) in [5.74, 6) is -0.0290. The Morgan fingerprint density at radius 1 is 1.12 bits per heavy atom. The van der Waals surface area contributed by atoms with Gasteiger partial charge < -0.3 is 10.1 Å². The Balaban J connectivity index is 1.32. The third-order valence-corrected chi connectivity index (χ3v) is 7.91. The lowest BCUT2D eigenvalue weighted by atomic mass is 9.72. The Hall–Kier alpha value is -2.73. The largest absolute Gasteiger partial charge is 0.378 e. The molecule has 1 fully saturated rings. The normalized spacial score (nSPS) is 22.0. The third-order valence-electron chi connectivity index (χ3n) is 7.23. The summed E-state index contributed by atoms with van der Waals surface area (Å²) in [6.45, 7) is 2.97. The fourth-order valence-corrected chi connectivity index (χ4v) is 6.22. The Kier molecular flexibility index (Phi) is 6.45. The average Bonchev–Trinajstić information content (AvgIpc) is 3.48. The third kappa shape index (κ3) is 4.29. The molecule has 4 nitrogen and oxygen atoms in total. The predicted octanol–water partition coefficient (Wildman–Crippen LogP) is 5.29. The number of carbonyl (C=O) groups excluding carboxylic acids is 1. The van der Waals surface area contributed by atoms with Gasteiger partial charge in [-0.1, -0.05) is 66.7 Å². The molecular formula is C28H30N2O2S. The highest BCUT2D eigenvalue weighted by Gasteiger charge is 2.53. The van der Waals surface area contributed by atoms with Crippen LogP contribution in [0.1, 0.15) is 45.9 Å². The fraction of sp³-hybridized carbons (Fsp3) is 0.321. The van der Waals surface area contributed by atoms with Crippen LogP contribution in [0, 0.1) is 0 Å². The number of nitrogens with one attached hydrogen (secondary N) is 1. The molecule has 2 aromatic carbocycles. The monoisotopic (exact) mass is 458 g/mol. The summed E-state index contributed by atoms with van der Waals surface area (Å²) < 4.78 is 6.15. The van der Waals surface area contributed by atoms with Gasteiger partial charge in [-0.15, -0.1) is 0 Å². The molecule has 1 amide bonds. The van der Waals surface area contributed by atoms with E-state index in [9.17, 15) is 4.79 Å². The molecule has 1 saturated heterocycles. The number of fused-ring (bicyclic) bond motifs is 2. The van der Waals surface area contributed by atoms with E-state index in [-0.39, 0.29) is 23.5 Å². The molecule has 1 spiro atoms. The van der Waals surface area contributed by atoms with Gasteiger partial charge in [-0.25, -0.2) is 0 Å². The molecule has 0 saturated carbocycles. The standard InChI is InChI=1S/C28H30N2O2S/c1-32-26-25(29-27(31)22-13-19-33-20-22)23-11-5-6-12-24(23)28(26)14-17-30(18-15-28)16-7-10-21-8-3-2-4-9-21/h2-13,19-20,25-26H,14-18H2,1H3,(H,29,31)/b10-7+/t25-,26+/m1/s1. The first-order valence-electron chi connectivity index (χ1n) is 11.6. The van der Waals surface area contributed by atoms with E-state index in [1.165, 1.54) is 16.7 Å². The number of thiophene rings is 1. The van der Waals surface area contributed by atoms with Crippen molar-refractivity contribution < 1.29 is 9.53 Å². The molecule has 0 bridgehead atoms. The zero-order valence-electron chi connectivity index (χ0n) is 18.9. The number of rotatable bonds is 6. The van der Waals surface area contributed by atoms with Gasteiger partial charge in [0, 0.05) is 24.4 Å². The zero-order valence-corrected chi connectivity index (χ0v) is 19.8. The predicted molar refractivity (Wildman–Crippen MR) is 135 cm³/mol. The molecule has 33 heavy (non-hydrogen) atoms. The van der Waals surface area contributed by atoms with Gasteiger partial charge in [-0.3, -0.25) is 9.69 Å². The van der Waals surface area contributed by atoms with Crippen LogP contribution >= 0.6 is 11.3 Å². The minimum atomic E-state index is -0.136. The van der Waals surface area contributed by atoms with Crippen molar-refractivity contribution in [2.24, 2.45) is 0 Å². The van der Waals surface area contributed by atoms with Crippen LogP contribution in [-0.2, 0) is 10.2 Å². The maximum atomic E-state index is 12.9. The zero-order chi connectivity index (χ0) is 22.7. The maximum Gasteiger partial charge on any atom is 0.252 e. The van der Waals surface area contributed by atoms with E-state index >= 15 is 0 Å². The second kappa shape index (κ2) is 9.64. The van der Waals surface area contributed by atoms with Crippen molar-refractivity contribution in [3.05, 3.63) is 99.8 Å². The van der Waals surface area contributed by atoms with Crippen LogP contribution in [0.2, 0.25) is 0 Å². The molecule has 1 N–H and O–H groups in total. The molecule has 1 aromatic heterocycles. The van der Waals surface area contributed by atoms with Crippen LogP contribution in [0.4, 0.5) is 0 Å². The lowest BCUT2D eigenvalue weighted by Gasteiger charge is -2.44. The van der Waals surface area contributed by atoms with Crippen LogP contribution in [0.15, 0.2) is 77.5 Å². The van der Waals surface area contributed by atoms with Gasteiger partial charge in [0.25, 0.3) is 5.91 Å². The van der Waals surface area contributed by atoms with Gasteiger partial charge >= 0.3 is 0 Å². The van der Waals surface area contributed by atoms with Crippen LogP contribution in [0.5, 0.6) is 0 Å². The summed E-state index contributed by atoms with van der Waals surface area (Å²) >= 11 is 1.54. The van der Waals surface area contributed by atoms with E-state index in [2.05, 4.69) is 70.9 Å². The molecule has 170 valence electrons. The van der Waals surface area contributed by atoms with Gasteiger partial charge in [-0.05, 0) is 54.1 Å². The second-order valence-electron chi connectivity index (χ2n) is 8.98. The molecule has 0 unspecified atom stereocenters. The summed E-state index contributed by atoms with van der Waals surface area (Å²) in [6.07, 6.45) is 6.43. The number of methoxy groups -OCH3 is 1. The first-order chi connectivity index (χ1) is 16.2. The number of nitrogens with zero attached hydrogens (tertiary/aromatic N) is 1. The van der Waals surface area contributed by atoms with E-state index in [1.807, 2.05) is 22.9 Å². The molecule has 2 atom stereocenters. The highest BCUT2D eigenvalue weighted by atomic mass is 32.1. The smallest absolute Gasteiger partial charge is 0.252 e. The fourth-order valence-electron chi connectivity index (χ4n) is 5.58. The van der Waals surface area contributed by atoms with Crippen molar-refractivity contribution in [2.45, 2.75) is 30.4 Å². The number of hydrogen-bond acceptors (Lipinski definition) is 4. The SMILES string of the molecule is CO[C@H]1[C@H](NC(=O)c2ccsc2)c2ccccc2C12CCN(C/C=C/c1ccccc1)CC2. The molecular weight excluding hydrogens is 428 g/mol. The number of hydrogen-bond donors (Lipinski definition) is 1. The first kappa shape index (κ1) is 22.1. The molecule has 5 rings (SSSR count). The Morgan fingerprint density at radius 2 is 1.88 bits per heavy atom. The van der Waals surface area contributed by atoms with E-state index in [1.54, 1.807) is 18.4 Å². The summed E-state index contributed by atoms with van der Waals surface area (Å²) in [5.41, 5.74) is 4.42. The number of amides is 1. The molecule has 5 heteroatoms. The van der Waals surface area contributed by atoms with Gasteiger partial charge in [0.05, 0.1) is 17.7 Å². The van der Waals surface area contributed by atoms with E-state index < -0.39 is 0 Å². The lowest BCUT2D eigenvalue weighted by molar-refractivity contribution is -0.00973. The van der Waals surface area contributed by atoms with Crippen molar-refractivity contribution in [1.82, 2.24) is 10.2 Å². The van der Waals surface area contributed by atoms with Gasteiger partial charge in [0.15, 0.2) is 0 Å². The lowest BCUT2D eigenvalue weighted by Crippen LogP contribution is -2.50. The van der Waals surface area contributed by atoms with Crippen molar-refractivity contribution in [1.29, 1.82) is 0 Å².